The number of benzene rings is 1. The minimum Gasteiger partial charge on any atom is -0.493 e. The average Bonchev–Trinajstić information content (AvgIpc) is 3.11. The number of hydrogen-bond donors (Lipinski definition) is 1. The molecule has 1 aliphatic carbocycles. The van der Waals surface area contributed by atoms with Crippen LogP contribution in [0.1, 0.15) is 31.2 Å². The first-order valence-corrected chi connectivity index (χ1v) is 8.82. The van der Waals surface area contributed by atoms with Crippen LogP contribution in [-0.4, -0.2) is 24.0 Å². The summed E-state index contributed by atoms with van der Waals surface area (Å²) in [6.07, 6.45) is 7.65. The van der Waals surface area contributed by atoms with Gasteiger partial charge in [0, 0.05) is 18.0 Å². The van der Waals surface area contributed by atoms with E-state index in [0.717, 1.165) is 12.8 Å². The van der Waals surface area contributed by atoms with Crippen molar-refractivity contribution in [1.82, 2.24) is 4.98 Å². The van der Waals surface area contributed by atoms with E-state index in [9.17, 15) is 0 Å². The van der Waals surface area contributed by atoms with Gasteiger partial charge in [-0.1, -0.05) is 23.2 Å². The lowest BCUT2D eigenvalue weighted by Gasteiger charge is -2.17. The van der Waals surface area contributed by atoms with Crippen LogP contribution < -0.4 is 15.2 Å². The number of rotatable bonds is 5. The van der Waals surface area contributed by atoms with Crippen LogP contribution in [0.25, 0.3) is 0 Å². The molecule has 0 spiro atoms. The van der Waals surface area contributed by atoms with Gasteiger partial charge in [0.15, 0.2) is 11.5 Å². The molecule has 1 heterocycles. The molecule has 25 heavy (non-hydrogen) atoms. The average molecular weight is 380 g/mol. The quantitative estimate of drug-likeness (QED) is 0.600. The predicted molar refractivity (Wildman–Crippen MR) is 101 cm³/mol. The summed E-state index contributed by atoms with van der Waals surface area (Å²) < 4.78 is 11.5. The van der Waals surface area contributed by atoms with Crippen molar-refractivity contribution in [1.29, 1.82) is 0 Å². The first-order chi connectivity index (χ1) is 12.1. The Morgan fingerprint density at radius 1 is 1.16 bits per heavy atom. The van der Waals surface area contributed by atoms with Crippen molar-refractivity contribution in [3.05, 3.63) is 46.2 Å². The van der Waals surface area contributed by atoms with Crippen LogP contribution in [0.2, 0.25) is 10.0 Å². The first kappa shape index (κ1) is 17.8. The molecule has 0 radical (unpaired) electrons. The van der Waals surface area contributed by atoms with Crippen LogP contribution in [0.4, 0.5) is 5.69 Å². The second-order valence-electron chi connectivity index (χ2n) is 5.84. The van der Waals surface area contributed by atoms with Gasteiger partial charge in [-0.05, 0) is 43.9 Å². The lowest BCUT2D eigenvalue weighted by Crippen LogP contribution is -2.15. The Morgan fingerprint density at radius 2 is 1.84 bits per heavy atom. The van der Waals surface area contributed by atoms with Crippen molar-refractivity contribution in [2.75, 3.05) is 7.11 Å². The number of aliphatic imine (C=N–C) groups is 1. The molecule has 1 aliphatic rings. The monoisotopic (exact) mass is 379 g/mol. The highest BCUT2D eigenvalue weighted by Gasteiger charge is 2.19. The molecule has 0 saturated heterocycles. The van der Waals surface area contributed by atoms with Gasteiger partial charge in [0.25, 0.3) is 0 Å². The molecule has 3 rings (SSSR count). The van der Waals surface area contributed by atoms with Crippen LogP contribution in [0.15, 0.2) is 35.6 Å². The highest BCUT2D eigenvalue weighted by molar-refractivity contribution is 6.38. The van der Waals surface area contributed by atoms with Crippen LogP contribution in [-0.2, 0) is 0 Å². The maximum Gasteiger partial charge on any atom is 0.162 e. The second-order valence-corrected chi connectivity index (χ2v) is 6.65. The summed E-state index contributed by atoms with van der Waals surface area (Å²) in [4.78, 5) is 8.26. The lowest BCUT2D eigenvalue weighted by atomic mass is 10.1. The Bertz CT molecular complexity index is 770. The zero-order valence-electron chi connectivity index (χ0n) is 13.8. The number of amidine groups is 1. The number of nitrogens with zero attached hydrogens (tertiary/aromatic N) is 2. The molecule has 0 amide bonds. The Kier molecular flexibility index (Phi) is 5.66. The van der Waals surface area contributed by atoms with Gasteiger partial charge in [-0.25, -0.2) is 4.99 Å². The summed E-state index contributed by atoms with van der Waals surface area (Å²) in [6.45, 7) is 0. The number of halogens is 2. The molecule has 132 valence electrons. The molecule has 5 nitrogen and oxygen atoms in total. The van der Waals surface area contributed by atoms with Crippen molar-refractivity contribution in [2.24, 2.45) is 10.7 Å². The fraction of sp³-hybridized carbons (Fsp3) is 0.333. The number of hydrogen-bond acceptors (Lipinski definition) is 4. The summed E-state index contributed by atoms with van der Waals surface area (Å²) in [5.41, 5.74) is 7.25. The Balaban J connectivity index is 1.92. The molecular weight excluding hydrogens is 361 g/mol. The van der Waals surface area contributed by atoms with Gasteiger partial charge in [-0.2, -0.15) is 0 Å². The SMILES string of the molecule is COc1ccc(C(N)=Nc2c(Cl)cncc2Cl)cc1OC1CCCC1. The van der Waals surface area contributed by atoms with E-state index in [1.54, 1.807) is 7.11 Å². The summed E-state index contributed by atoms with van der Waals surface area (Å²) in [5.74, 6) is 1.62. The van der Waals surface area contributed by atoms with Crippen molar-refractivity contribution in [2.45, 2.75) is 31.8 Å². The highest BCUT2D eigenvalue weighted by Crippen LogP contribution is 2.34. The van der Waals surface area contributed by atoms with Crippen LogP contribution >= 0.6 is 23.2 Å². The topological polar surface area (TPSA) is 69.7 Å². The smallest absolute Gasteiger partial charge is 0.162 e. The molecule has 2 aromatic rings. The van der Waals surface area contributed by atoms with Crippen LogP contribution in [0, 0.1) is 0 Å². The molecule has 2 N–H and O–H groups in total. The van der Waals surface area contributed by atoms with E-state index in [1.807, 2.05) is 18.2 Å². The van der Waals surface area contributed by atoms with E-state index >= 15 is 0 Å². The zero-order valence-corrected chi connectivity index (χ0v) is 15.3. The van der Waals surface area contributed by atoms with E-state index in [-0.39, 0.29) is 11.9 Å². The maximum atomic E-state index is 6.15. The lowest BCUT2D eigenvalue weighted by molar-refractivity contribution is 0.201. The summed E-state index contributed by atoms with van der Waals surface area (Å²) in [6, 6.07) is 5.47. The third kappa shape index (κ3) is 4.17. The van der Waals surface area contributed by atoms with E-state index in [4.69, 9.17) is 38.4 Å². The second kappa shape index (κ2) is 7.93. The van der Waals surface area contributed by atoms with E-state index in [2.05, 4.69) is 9.98 Å². The van der Waals surface area contributed by atoms with Gasteiger partial charge >= 0.3 is 0 Å². The molecule has 1 fully saturated rings. The molecule has 0 bridgehead atoms. The largest absolute Gasteiger partial charge is 0.493 e. The third-order valence-electron chi connectivity index (χ3n) is 4.12. The Morgan fingerprint density at radius 3 is 2.48 bits per heavy atom. The highest BCUT2D eigenvalue weighted by atomic mass is 35.5. The number of aromatic nitrogens is 1. The minimum absolute atomic E-state index is 0.214. The molecule has 7 heteroatoms. The zero-order chi connectivity index (χ0) is 17.8. The van der Waals surface area contributed by atoms with Crippen molar-refractivity contribution < 1.29 is 9.47 Å². The summed E-state index contributed by atoms with van der Waals surface area (Å²) in [7, 11) is 1.62. The normalized spacial score (nSPS) is 15.4. The molecule has 0 aliphatic heterocycles. The summed E-state index contributed by atoms with van der Waals surface area (Å²) >= 11 is 12.2. The minimum atomic E-state index is 0.214. The van der Waals surface area contributed by atoms with Crippen molar-refractivity contribution in [3.63, 3.8) is 0 Å². The Hall–Kier alpha value is -1.98. The van der Waals surface area contributed by atoms with E-state index in [1.165, 1.54) is 25.2 Å². The van der Waals surface area contributed by atoms with E-state index < -0.39 is 0 Å². The molecule has 0 unspecified atom stereocenters. The van der Waals surface area contributed by atoms with Gasteiger partial charge in [0.2, 0.25) is 0 Å². The Labute approximate surface area is 156 Å². The van der Waals surface area contributed by atoms with Gasteiger partial charge in [0.1, 0.15) is 11.5 Å². The standard InChI is InChI=1S/C18H19Cl2N3O2/c1-24-15-7-6-11(8-16(15)25-12-4-2-3-5-12)18(21)23-17-13(19)9-22-10-14(17)20/h6-10,12H,2-5H2,1H3,(H2,21,22,23). The third-order valence-corrected chi connectivity index (χ3v) is 4.67. The van der Waals surface area contributed by atoms with E-state index in [0.29, 0.717) is 32.8 Å². The van der Waals surface area contributed by atoms with Crippen molar-refractivity contribution >= 4 is 34.7 Å². The van der Waals surface area contributed by atoms with Gasteiger partial charge < -0.3 is 15.2 Å². The summed E-state index contributed by atoms with van der Waals surface area (Å²) in [5, 5.41) is 0.679. The first-order valence-electron chi connectivity index (χ1n) is 8.06. The number of pyridine rings is 1. The molecule has 1 saturated carbocycles. The molecule has 0 atom stereocenters. The van der Waals surface area contributed by atoms with Crippen LogP contribution in [0.3, 0.4) is 0 Å². The fourth-order valence-electron chi connectivity index (χ4n) is 2.81. The predicted octanol–water partition coefficient (Wildman–Crippen LogP) is 4.76. The van der Waals surface area contributed by atoms with Gasteiger partial charge in [-0.3, -0.25) is 4.98 Å². The molecular formula is C18H19Cl2N3O2. The van der Waals surface area contributed by atoms with Gasteiger partial charge in [-0.15, -0.1) is 0 Å². The van der Waals surface area contributed by atoms with Crippen molar-refractivity contribution in [3.8, 4) is 11.5 Å². The molecule has 1 aromatic carbocycles. The van der Waals surface area contributed by atoms with Crippen LogP contribution in [0.5, 0.6) is 11.5 Å². The number of nitrogens with two attached hydrogens (primary N) is 1. The molecule has 1 aromatic heterocycles. The number of methoxy groups -OCH3 is 1. The van der Waals surface area contributed by atoms with Gasteiger partial charge in [0.05, 0.1) is 23.3 Å². The maximum absolute atomic E-state index is 6.15. The fourth-order valence-corrected chi connectivity index (χ4v) is 3.26. The number of ether oxygens (including phenoxy) is 2.